The number of esters is 5. The van der Waals surface area contributed by atoms with Crippen LogP contribution in [-0.2, 0) is 47.7 Å². The number of aromatic nitrogens is 4. The van der Waals surface area contributed by atoms with Gasteiger partial charge in [0.15, 0.2) is 29.1 Å². The van der Waals surface area contributed by atoms with E-state index in [-0.39, 0.29) is 4.64 Å². The maximum Gasteiger partial charge on any atom is 0.303 e. The van der Waals surface area contributed by atoms with E-state index in [0.717, 1.165) is 34.6 Å². The summed E-state index contributed by atoms with van der Waals surface area (Å²) >= 11 is 6.41. The van der Waals surface area contributed by atoms with Gasteiger partial charge in [0.2, 0.25) is 0 Å². The highest BCUT2D eigenvalue weighted by Gasteiger charge is 2.47. The van der Waals surface area contributed by atoms with Gasteiger partial charge in [-0.3, -0.25) is 24.0 Å². The van der Waals surface area contributed by atoms with Gasteiger partial charge in [0.1, 0.15) is 23.1 Å². The van der Waals surface area contributed by atoms with E-state index in [1.165, 1.54) is 24.4 Å². The van der Waals surface area contributed by atoms with Crippen LogP contribution >= 0.6 is 24.0 Å². The first-order valence-electron chi connectivity index (χ1n) is 11.1. The van der Waals surface area contributed by atoms with Crippen molar-refractivity contribution < 1.29 is 47.7 Å². The molecule has 1 N–H and O–H groups in total. The number of rotatable bonds is 12. The van der Waals surface area contributed by atoms with Gasteiger partial charge in [0, 0.05) is 34.6 Å². The highest BCUT2D eigenvalue weighted by Crippen LogP contribution is 2.35. The highest BCUT2D eigenvalue weighted by atomic mass is 32.2. The smallest absolute Gasteiger partial charge is 0.303 e. The first-order chi connectivity index (χ1) is 17.8. The third-order valence-electron chi connectivity index (χ3n) is 4.86. The van der Waals surface area contributed by atoms with Gasteiger partial charge in [-0.2, -0.15) is 0 Å². The van der Waals surface area contributed by atoms with Crippen molar-refractivity contribution in [1.82, 2.24) is 19.5 Å². The average Bonchev–Trinajstić information content (AvgIpc) is 3.23. The summed E-state index contributed by atoms with van der Waals surface area (Å²) in [5.41, 5.74) is 0.778. The van der Waals surface area contributed by atoms with E-state index in [1.54, 1.807) is 10.8 Å². The molecule has 14 nitrogen and oxygen atoms in total. The number of fused-ring (bicyclic) bond motifs is 1. The van der Waals surface area contributed by atoms with E-state index in [1.807, 2.05) is 0 Å². The van der Waals surface area contributed by atoms with Crippen LogP contribution in [0, 0.1) is 4.64 Å². The number of carbonyl (C=O) groups is 5. The summed E-state index contributed by atoms with van der Waals surface area (Å²) in [5, 5.41) is -0.855. The van der Waals surface area contributed by atoms with Crippen LogP contribution < -0.4 is 0 Å². The molecule has 2 heterocycles. The highest BCUT2D eigenvalue weighted by molar-refractivity contribution is 7.98. The predicted octanol–water partition coefficient (Wildman–Crippen LogP) is 1.64. The fraction of sp³-hybridized carbons (Fsp3) is 0.545. The van der Waals surface area contributed by atoms with Crippen molar-refractivity contribution >= 4 is 65.0 Å². The first-order valence-corrected chi connectivity index (χ1v) is 12.8. The second-order valence-corrected chi connectivity index (χ2v) is 9.20. The first kappa shape index (κ1) is 30.7. The average molecular weight is 573 g/mol. The van der Waals surface area contributed by atoms with Gasteiger partial charge in [0.25, 0.3) is 0 Å². The minimum Gasteiger partial charge on any atom is -0.462 e. The van der Waals surface area contributed by atoms with Gasteiger partial charge >= 0.3 is 29.8 Å². The Balaban J connectivity index is 2.73. The van der Waals surface area contributed by atoms with Crippen LogP contribution in [0.25, 0.3) is 11.2 Å². The summed E-state index contributed by atoms with van der Waals surface area (Å²) in [6, 6.07) is 0. The molecule has 0 fully saturated rings. The molecule has 0 aliphatic carbocycles. The summed E-state index contributed by atoms with van der Waals surface area (Å²) < 4.78 is 28.7. The lowest BCUT2D eigenvalue weighted by atomic mass is 10.0. The number of carbonyl (C=O) groups excluding carboxylic acids is 5. The van der Waals surface area contributed by atoms with Crippen molar-refractivity contribution in [3.05, 3.63) is 17.3 Å². The SMILES string of the molecule is CS[C@@H]([C@@H](OC(C)=O)[C@@H](OC(C)=O)[C@@H](OC(C)=O)[C@H](COC(C)=O)OC(C)=O)n1cnc2c(=S)nc[nH]c21. The monoisotopic (exact) mass is 572 g/mol. The fourth-order valence-corrected chi connectivity index (χ4v) is 4.69. The Morgan fingerprint density at radius 2 is 1.42 bits per heavy atom. The maximum atomic E-state index is 12.3. The molecule has 0 spiro atoms. The summed E-state index contributed by atoms with van der Waals surface area (Å²) in [6.07, 6.45) is -1.41. The molecule has 38 heavy (non-hydrogen) atoms. The minimum absolute atomic E-state index is 0.215. The van der Waals surface area contributed by atoms with E-state index >= 15 is 0 Å². The van der Waals surface area contributed by atoms with Crippen molar-refractivity contribution in [2.75, 3.05) is 12.9 Å². The zero-order chi connectivity index (χ0) is 28.6. The third kappa shape index (κ3) is 8.24. The second-order valence-electron chi connectivity index (χ2n) is 7.86. The standard InChI is InChI=1S/C22H28N4O10S2/c1-10(27)32-7-15(33-11(2)28)17(34-12(3)29)18(35-13(4)30)19(36-14(5)31)22(38-6)26-9-25-16-20(26)23-8-24-21(16)37/h8-9,15,17-19,22H,7H2,1-6H3,(H,23,24,37)/t15-,17-,18-,19-,22-/m0/s1. The van der Waals surface area contributed by atoms with E-state index < -0.39 is 66.2 Å². The molecule has 0 saturated heterocycles. The van der Waals surface area contributed by atoms with Crippen molar-refractivity contribution in [3.8, 4) is 0 Å². The molecule has 0 bridgehead atoms. The maximum absolute atomic E-state index is 12.3. The summed E-state index contributed by atoms with van der Waals surface area (Å²) in [7, 11) is 0. The number of thioether (sulfide) groups is 1. The molecule has 0 aliphatic rings. The Labute approximate surface area is 226 Å². The Kier molecular flexibility index (Phi) is 11.2. The zero-order valence-corrected chi connectivity index (χ0v) is 23.1. The van der Waals surface area contributed by atoms with Gasteiger partial charge in [-0.1, -0.05) is 12.2 Å². The molecular formula is C22H28N4O10S2. The van der Waals surface area contributed by atoms with Crippen LogP contribution in [0.15, 0.2) is 12.7 Å². The molecule has 0 aromatic carbocycles. The molecule has 2 aromatic heterocycles. The van der Waals surface area contributed by atoms with Gasteiger partial charge in [0.05, 0.1) is 12.7 Å². The Morgan fingerprint density at radius 3 is 1.95 bits per heavy atom. The van der Waals surface area contributed by atoms with Crippen LogP contribution in [0.2, 0.25) is 0 Å². The quantitative estimate of drug-likeness (QED) is 0.220. The van der Waals surface area contributed by atoms with Gasteiger partial charge in [-0.25, -0.2) is 9.97 Å². The largest absolute Gasteiger partial charge is 0.462 e. The number of imidazole rings is 1. The van der Waals surface area contributed by atoms with Crippen molar-refractivity contribution in [1.29, 1.82) is 0 Å². The van der Waals surface area contributed by atoms with Crippen molar-refractivity contribution in [2.45, 2.75) is 64.4 Å². The van der Waals surface area contributed by atoms with Gasteiger partial charge in [-0.15, -0.1) is 11.8 Å². The number of nitrogens with zero attached hydrogens (tertiary/aromatic N) is 3. The minimum atomic E-state index is -1.56. The Hall–Kier alpha value is -3.53. The number of hydrogen-bond acceptors (Lipinski definition) is 14. The molecule has 0 aliphatic heterocycles. The molecule has 16 heteroatoms. The predicted molar refractivity (Wildman–Crippen MR) is 134 cm³/mol. The van der Waals surface area contributed by atoms with Crippen LogP contribution in [0.3, 0.4) is 0 Å². The van der Waals surface area contributed by atoms with E-state index in [9.17, 15) is 24.0 Å². The molecule has 208 valence electrons. The molecule has 0 unspecified atom stereocenters. The molecule has 0 radical (unpaired) electrons. The van der Waals surface area contributed by atoms with E-state index in [4.69, 9.17) is 35.9 Å². The lowest BCUT2D eigenvalue weighted by Gasteiger charge is -2.38. The normalized spacial score (nSPS) is 14.9. The van der Waals surface area contributed by atoms with Gasteiger partial charge < -0.3 is 33.2 Å². The molecule has 0 amide bonds. The molecule has 2 rings (SSSR count). The lowest BCUT2D eigenvalue weighted by molar-refractivity contribution is -0.203. The fourth-order valence-electron chi connectivity index (χ4n) is 3.62. The topological polar surface area (TPSA) is 178 Å². The number of aromatic amines is 1. The molecule has 2 aromatic rings. The van der Waals surface area contributed by atoms with Gasteiger partial charge in [-0.05, 0) is 6.26 Å². The summed E-state index contributed by atoms with van der Waals surface area (Å²) in [5.74, 6) is -3.92. The van der Waals surface area contributed by atoms with Crippen LogP contribution in [0.5, 0.6) is 0 Å². The number of hydrogen-bond donors (Lipinski definition) is 1. The number of nitrogens with one attached hydrogen (secondary N) is 1. The zero-order valence-electron chi connectivity index (χ0n) is 21.5. The van der Waals surface area contributed by atoms with Crippen molar-refractivity contribution in [3.63, 3.8) is 0 Å². The lowest BCUT2D eigenvalue weighted by Crippen LogP contribution is -2.54. The van der Waals surface area contributed by atoms with E-state index in [2.05, 4.69) is 15.0 Å². The Morgan fingerprint density at radius 1 is 0.868 bits per heavy atom. The third-order valence-corrected chi connectivity index (χ3v) is 6.14. The summed E-state index contributed by atoms with van der Waals surface area (Å²) in [4.78, 5) is 71.3. The summed E-state index contributed by atoms with van der Waals surface area (Å²) in [6.45, 7) is 4.99. The molecular weight excluding hydrogens is 544 g/mol. The molecule has 5 atom stereocenters. The Bertz CT molecular complexity index is 1250. The number of ether oxygens (including phenoxy) is 5. The molecule has 0 saturated carbocycles. The van der Waals surface area contributed by atoms with Crippen LogP contribution in [0.4, 0.5) is 0 Å². The van der Waals surface area contributed by atoms with Crippen LogP contribution in [0.1, 0.15) is 40.0 Å². The second kappa shape index (κ2) is 13.9. The number of H-pyrrole nitrogens is 1. The van der Waals surface area contributed by atoms with Crippen molar-refractivity contribution in [2.24, 2.45) is 0 Å². The van der Waals surface area contributed by atoms with E-state index in [0.29, 0.717) is 11.2 Å². The van der Waals surface area contributed by atoms with Crippen LogP contribution in [-0.4, -0.2) is 86.6 Å².